The van der Waals surface area contributed by atoms with Gasteiger partial charge in [-0.2, -0.15) is 0 Å². The van der Waals surface area contributed by atoms with Crippen molar-refractivity contribution in [3.8, 4) is 0 Å². The minimum atomic E-state index is 1.20. The van der Waals surface area contributed by atoms with E-state index in [0.717, 1.165) is 0 Å². The Hall–Kier alpha value is -6.18. The van der Waals surface area contributed by atoms with Gasteiger partial charge in [-0.1, -0.05) is 146 Å². The van der Waals surface area contributed by atoms with Gasteiger partial charge in [0.1, 0.15) is 0 Å². The predicted octanol–water partition coefficient (Wildman–Crippen LogP) is 13.4. The Morgan fingerprint density at radius 2 is 1.08 bits per heavy atom. The largest absolute Gasteiger partial charge is 0.354 e. The zero-order chi connectivity index (χ0) is 32.9. The Morgan fingerprint density at radius 3 is 1.76 bits per heavy atom. The number of para-hydroxylation sites is 1. The summed E-state index contributed by atoms with van der Waals surface area (Å²) in [6.45, 7) is 4.35. The van der Waals surface area contributed by atoms with E-state index < -0.39 is 0 Å². The molecular formula is C48H35N. The van der Waals surface area contributed by atoms with Gasteiger partial charge in [0.05, 0.1) is 5.52 Å². The molecule has 0 radical (unpaired) electrons. The first kappa shape index (κ1) is 29.0. The van der Waals surface area contributed by atoms with Crippen LogP contribution in [0.5, 0.6) is 0 Å². The van der Waals surface area contributed by atoms with Gasteiger partial charge in [-0.3, -0.25) is 0 Å². The van der Waals surface area contributed by atoms with Crippen LogP contribution in [0.25, 0.3) is 82.6 Å². The summed E-state index contributed by atoms with van der Waals surface area (Å²) in [6, 6.07) is 50.2. The van der Waals surface area contributed by atoms with Crippen LogP contribution in [0.2, 0.25) is 0 Å². The van der Waals surface area contributed by atoms with Gasteiger partial charge in [0, 0.05) is 21.7 Å². The normalized spacial score (nSPS) is 12.1. The van der Waals surface area contributed by atoms with E-state index in [1.54, 1.807) is 0 Å². The maximum absolute atomic E-state index is 3.69. The molecule has 1 heteroatoms. The second-order valence-electron chi connectivity index (χ2n) is 12.9. The lowest BCUT2D eigenvalue weighted by atomic mass is 9.89. The molecule has 10 rings (SSSR count). The molecule has 0 atom stereocenters. The fourth-order valence-electron chi connectivity index (χ4n) is 7.75. The maximum atomic E-state index is 3.69. The highest BCUT2D eigenvalue weighted by molar-refractivity contribution is 6.33. The zero-order valence-electron chi connectivity index (χ0n) is 27.7. The fraction of sp³-hybridized carbons (Fsp3) is 0.0417. The number of nitrogens with one attached hydrogen (secondary N) is 1. The third-order valence-corrected chi connectivity index (χ3v) is 10.2. The lowest BCUT2D eigenvalue weighted by Crippen LogP contribution is -1.91. The van der Waals surface area contributed by atoms with E-state index in [0.29, 0.717) is 0 Å². The predicted molar refractivity (Wildman–Crippen MR) is 214 cm³/mol. The molecule has 1 aromatic heterocycles. The Bertz CT molecular complexity index is 2760. The highest BCUT2D eigenvalue weighted by Gasteiger charge is 2.18. The lowest BCUT2D eigenvalue weighted by molar-refractivity contribution is 1.46. The van der Waals surface area contributed by atoms with Crippen LogP contribution in [0, 0.1) is 6.92 Å². The second kappa shape index (κ2) is 11.8. The molecule has 0 spiro atoms. The molecule has 232 valence electrons. The molecule has 2 bridgehead atoms. The van der Waals surface area contributed by atoms with E-state index in [4.69, 9.17) is 0 Å². The van der Waals surface area contributed by atoms with E-state index in [2.05, 4.69) is 189 Å². The number of benzene rings is 8. The van der Waals surface area contributed by atoms with Gasteiger partial charge in [-0.05, 0) is 109 Å². The first-order valence-electron chi connectivity index (χ1n) is 17.1. The number of fused-ring (bicyclic) bond motifs is 13. The quantitative estimate of drug-likeness (QED) is 0.184. The van der Waals surface area contributed by atoms with Gasteiger partial charge >= 0.3 is 0 Å². The summed E-state index contributed by atoms with van der Waals surface area (Å²) in [5.41, 5.74) is 10.2. The summed E-state index contributed by atoms with van der Waals surface area (Å²) in [4.78, 5) is 3.69. The molecule has 49 heavy (non-hydrogen) atoms. The highest BCUT2D eigenvalue weighted by atomic mass is 14.7. The van der Waals surface area contributed by atoms with Crippen LogP contribution < -0.4 is 0 Å². The Kier molecular flexibility index (Phi) is 6.99. The summed E-state index contributed by atoms with van der Waals surface area (Å²) < 4.78 is 0. The van der Waals surface area contributed by atoms with E-state index >= 15 is 0 Å². The van der Waals surface area contributed by atoms with Gasteiger partial charge in [0.25, 0.3) is 0 Å². The molecule has 9 aromatic rings. The Morgan fingerprint density at radius 1 is 0.510 bits per heavy atom. The number of allylic oxidation sites excluding steroid dienone is 3. The van der Waals surface area contributed by atoms with E-state index in [9.17, 15) is 0 Å². The third-order valence-electron chi connectivity index (χ3n) is 10.2. The molecule has 1 aliphatic carbocycles. The topological polar surface area (TPSA) is 15.8 Å². The summed E-state index contributed by atoms with van der Waals surface area (Å²) in [6.07, 6.45) is 11.0. The zero-order valence-corrected chi connectivity index (χ0v) is 27.7. The van der Waals surface area contributed by atoms with Crippen LogP contribution in [0.1, 0.15) is 34.7 Å². The fourth-order valence-corrected chi connectivity index (χ4v) is 7.75. The van der Waals surface area contributed by atoms with Crippen LogP contribution in [-0.4, -0.2) is 4.98 Å². The lowest BCUT2D eigenvalue weighted by Gasteiger charge is -2.14. The first-order chi connectivity index (χ1) is 24.2. The molecule has 0 fully saturated rings. The first-order valence-corrected chi connectivity index (χ1v) is 17.1. The number of aromatic amines is 1. The van der Waals surface area contributed by atoms with Gasteiger partial charge < -0.3 is 4.98 Å². The average molecular weight is 626 g/mol. The molecule has 0 amide bonds. The maximum Gasteiger partial charge on any atom is 0.0551 e. The van der Waals surface area contributed by atoms with Crippen molar-refractivity contribution in [2.45, 2.75) is 13.8 Å². The second-order valence-corrected chi connectivity index (χ2v) is 12.9. The number of H-pyrrole nitrogens is 1. The van der Waals surface area contributed by atoms with Crippen LogP contribution in [0.15, 0.2) is 158 Å². The van der Waals surface area contributed by atoms with Crippen molar-refractivity contribution < 1.29 is 0 Å². The number of hydrogen-bond acceptors (Lipinski definition) is 0. The van der Waals surface area contributed by atoms with Gasteiger partial charge in [0.2, 0.25) is 0 Å². The molecule has 1 nitrogen and oxygen atoms in total. The summed E-state index contributed by atoms with van der Waals surface area (Å²) in [7, 11) is 0. The number of aromatic nitrogens is 1. The Balaban J connectivity index is 0.000000134. The molecular weight excluding hydrogens is 591 g/mol. The molecule has 1 aliphatic rings. The van der Waals surface area contributed by atoms with Crippen molar-refractivity contribution in [3.05, 3.63) is 186 Å². The minimum Gasteiger partial charge on any atom is -0.354 e. The van der Waals surface area contributed by atoms with E-state index in [-0.39, 0.29) is 0 Å². The van der Waals surface area contributed by atoms with Crippen molar-refractivity contribution in [2.75, 3.05) is 0 Å². The van der Waals surface area contributed by atoms with E-state index in [1.807, 2.05) is 0 Å². The van der Waals surface area contributed by atoms with Crippen molar-refractivity contribution >= 4 is 82.6 Å². The highest BCUT2D eigenvalue weighted by Crippen LogP contribution is 2.43. The minimum absolute atomic E-state index is 1.20. The van der Waals surface area contributed by atoms with Crippen molar-refractivity contribution in [2.24, 2.45) is 0 Å². The van der Waals surface area contributed by atoms with Crippen molar-refractivity contribution in [1.29, 1.82) is 0 Å². The average Bonchev–Trinajstić information content (AvgIpc) is 3.50. The molecule has 0 saturated heterocycles. The van der Waals surface area contributed by atoms with Gasteiger partial charge in [-0.25, -0.2) is 0 Å². The molecule has 1 heterocycles. The van der Waals surface area contributed by atoms with Gasteiger partial charge in [0.15, 0.2) is 0 Å². The van der Waals surface area contributed by atoms with Gasteiger partial charge in [-0.15, -0.1) is 0 Å². The molecule has 1 N–H and O–H groups in total. The number of rotatable bonds is 2. The third kappa shape index (κ3) is 4.86. The van der Waals surface area contributed by atoms with Crippen molar-refractivity contribution in [3.63, 3.8) is 0 Å². The van der Waals surface area contributed by atoms with Crippen LogP contribution in [-0.2, 0) is 0 Å². The van der Waals surface area contributed by atoms with Crippen molar-refractivity contribution in [1.82, 2.24) is 4.98 Å². The monoisotopic (exact) mass is 625 g/mol. The van der Waals surface area contributed by atoms with Crippen LogP contribution in [0.3, 0.4) is 0 Å². The summed E-state index contributed by atoms with van der Waals surface area (Å²) in [5.74, 6) is 0. The molecule has 0 aliphatic heterocycles. The molecule has 0 saturated carbocycles. The van der Waals surface area contributed by atoms with Crippen LogP contribution >= 0.6 is 0 Å². The molecule has 8 aromatic carbocycles. The molecule has 0 unspecified atom stereocenters. The summed E-state index contributed by atoms with van der Waals surface area (Å²) >= 11 is 0. The smallest absolute Gasteiger partial charge is 0.0551 e. The number of hydrogen-bond donors (Lipinski definition) is 1. The summed E-state index contributed by atoms with van der Waals surface area (Å²) in [5, 5.41) is 13.1. The standard InChI is InChI=1S/C25H17N.C23H18/c1-15-16-8-2-3-9-17(15)23-21(14-16)18-10-4-5-11-19(18)25-24(23)20-12-6-7-13-22(20)26-25;1-2-23(21-13-11-17-7-3-5-9-19(17)15-21)22-14-12-18-8-4-6-10-20(18)16-22/h2-14,26H,1H3;2-16H,1H3. The van der Waals surface area contributed by atoms with Crippen LogP contribution in [0.4, 0.5) is 0 Å². The Labute approximate surface area is 286 Å². The van der Waals surface area contributed by atoms with E-state index in [1.165, 1.54) is 98.3 Å². The SMILES string of the molecule is CC=C(c1ccc2ccccc2c1)c1ccc2ccccc2c1.Cc1c2cc3c4ccccc4c4[nH]c5ccccc5c4c3c1C=CC=C2.